The van der Waals surface area contributed by atoms with Gasteiger partial charge in [-0.15, -0.1) is 0 Å². The fraction of sp³-hybridized carbons (Fsp3) is 0.409. The number of nitrogens with zero attached hydrogens (tertiary/aromatic N) is 3. The quantitative estimate of drug-likeness (QED) is 0.391. The van der Waals surface area contributed by atoms with Gasteiger partial charge in [0.25, 0.3) is 5.69 Å². The third kappa shape index (κ3) is 3.67. The van der Waals surface area contributed by atoms with Crippen molar-refractivity contribution in [1.82, 2.24) is 4.31 Å². The summed E-state index contributed by atoms with van der Waals surface area (Å²) in [4.78, 5) is 10.5. The van der Waals surface area contributed by atoms with Crippen molar-refractivity contribution in [2.24, 2.45) is 15.9 Å². The van der Waals surface area contributed by atoms with E-state index < -0.39 is 20.8 Å². The van der Waals surface area contributed by atoms with E-state index in [2.05, 4.69) is 31.3 Å². The minimum absolute atomic E-state index is 0.0114. The molecule has 2 bridgehead atoms. The zero-order valence-electron chi connectivity index (χ0n) is 18.1. The number of piperidine rings is 1. The maximum Gasteiger partial charge on any atom is 0.270 e. The van der Waals surface area contributed by atoms with Crippen molar-refractivity contribution >= 4 is 27.6 Å². The number of hydrogen-bond donors (Lipinski definition) is 1. The van der Waals surface area contributed by atoms with Gasteiger partial charge in [0.15, 0.2) is 0 Å². The Balaban J connectivity index is 1.69. The van der Waals surface area contributed by atoms with Crippen LogP contribution in [0.1, 0.15) is 39.2 Å². The highest BCUT2D eigenvalue weighted by Crippen LogP contribution is 2.60. The van der Waals surface area contributed by atoms with E-state index in [1.807, 2.05) is 0 Å². The molecule has 1 saturated heterocycles. The summed E-state index contributed by atoms with van der Waals surface area (Å²) in [5.74, 6) is -0.474. The number of nitro benzene ring substituents is 1. The summed E-state index contributed by atoms with van der Waals surface area (Å²) in [5.41, 5.74) is 2.46. The number of fused-ring (bicyclic) bond motifs is 2. The van der Waals surface area contributed by atoms with E-state index in [-0.39, 0.29) is 38.7 Å². The molecule has 0 spiro atoms. The fourth-order valence-electron chi connectivity index (χ4n) is 4.75. The number of anilines is 1. The van der Waals surface area contributed by atoms with E-state index in [1.54, 1.807) is 12.1 Å². The van der Waals surface area contributed by atoms with Gasteiger partial charge in [-0.2, -0.15) is 9.41 Å². The molecule has 1 saturated carbocycles. The summed E-state index contributed by atoms with van der Waals surface area (Å²) in [6.07, 6.45) is 2.71. The van der Waals surface area contributed by atoms with Crippen LogP contribution in [0, 0.1) is 26.8 Å². The van der Waals surface area contributed by atoms with Crippen molar-refractivity contribution in [3.05, 3.63) is 64.0 Å². The topological polar surface area (TPSA) is 105 Å². The van der Waals surface area contributed by atoms with Gasteiger partial charge in [-0.05, 0) is 35.8 Å². The minimum Gasteiger partial charge on any atom is -0.277 e. The molecule has 2 aromatic rings. The number of sulfonamides is 1. The lowest BCUT2D eigenvalue weighted by Gasteiger charge is -2.42. The first kappa shape index (κ1) is 22.3. The number of hydrazone groups is 1. The largest absolute Gasteiger partial charge is 0.277 e. The monoisotopic (exact) mass is 460 g/mol. The molecule has 170 valence electrons. The maximum atomic E-state index is 13.8. The number of nitrogens with one attached hydrogen (secondary N) is 1. The first-order valence-corrected chi connectivity index (χ1v) is 11.7. The second-order valence-electron chi connectivity index (χ2n) is 9.39. The fourth-order valence-corrected chi connectivity index (χ4v) is 6.66. The molecule has 0 unspecified atom stereocenters. The zero-order valence-corrected chi connectivity index (χ0v) is 18.9. The third-order valence-electron chi connectivity index (χ3n) is 7.03. The molecule has 10 heteroatoms. The Morgan fingerprint density at radius 1 is 1.22 bits per heavy atom. The first-order chi connectivity index (χ1) is 14.9. The lowest BCUT2D eigenvalue weighted by Crippen LogP contribution is -2.46. The smallest absolute Gasteiger partial charge is 0.270 e. The van der Waals surface area contributed by atoms with Crippen LogP contribution in [0.2, 0.25) is 0 Å². The van der Waals surface area contributed by atoms with Gasteiger partial charge >= 0.3 is 0 Å². The van der Waals surface area contributed by atoms with Gasteiger partial charge in [0.1, 0.15) is 10.7 Å². The van der Waals surface area contributed by atoms with Gasteiger partial charge in [-0.3, -0.25) is 15.5 Å². The van der Waals surface area contributed by atoms with E-state index >= 15 is 0 Å². The molecule has 0 aromatic heterocycles. The molecule has 1 heterocycles. The van der Waals surface area contributed by atoms with Crippen LogP contribution in [-0.2, 0) is 10.0 Å². The van der Waals surface area contributed by atoms with Gasteiger partial charge in [0, 0.05) is 30.3 Å². The number of hydrogen-bond acceptors (Lipinski definition) is 6. The Morgan fingerprint density at radius 3 is 2.53 bits per heavy atom. The highest BCUT2D eigenvalue weighted by Gasteiger charge is 2.60. The van der Waals surface area contributed by atoms with Crippen LogP contribution < -0.4 is 5.43 Å². The molecule has 0 radical (unpaired) electrons. The second-order valence-corrected chi connectivity index (χ2v) is 11.2. The van der Waals surface area contributed by atoms with Gasteiger partial charge in [0.05, 0.1) is 16.8 Å². The highest BCUT2D eigenvalue weighted by molar-refractivity contribution is 7.89. The van der Waals surface area contributed by atoms with Crippen LogP contribution in [0.5, 0.6) is 0 Å². The average Bonchev–Trinajstić information content (AvgIpc) is 3.18. The Hall–Kier alpha value is -2.85. The first-order valence-electron chi connectivity index (χ1n) is 10.3. The summed E-state index contributed by atoms with van der Waals surface area (Å²) in [7, 11) is -4.03. The van der Waals surface area contributed by atoms with Crippen LogP contribution in [0.15, 0.2) is 52.5 Å². The van der Waals surface area contributed by atoms with Gasteiger partial charge < -0.3 is 0 Å². The summed E-state index contributed by atoms with van der Waals surface area (Å²) >= 11 is 0. The molecular weight excluding hydrogens is 435 g/mol. The van der Waals surface area contributed by atoms with Crippen molar-refractivity contribution in [2.75, 3.05) is 12.0 Å². The van der Waals surface area contributed by atoms with Crippen molar-refractivity contribution in [3.63, 3.8) is 0 Å². The van der Waals surface area contributed by atoms with Crippen LogP contribution in [-0.4, -0.2) is 36.4 Å². The molecule has 2 atom stereocenters. The summed E-state index contributed by atoms with van der Waals surface area (Å²) in [6.45, 7) is 6.74. The molecule has 32 heavy (non-hydrogen) atoms. The molecule has 1 N–H and O–H groups in total. The molecule has 4 rings (SSSR count). The molecule has 1 aliphatic heterocycles. The Kier molecular flexibility index (Phi) is 5.33. The second kappa shape index (κ2) is 7.63. The predicted octanol–water partition coefficient (Wildman–Crippen LogP) is 4.38. The van der Waals surface area contributed by atoms with Crippen LogP contribution in [0.3, 0.4) is 0 Å². The minimum atomic E-state index is -4.03. The van der Waals surface area contributed by atoms with E-state index in [9.17, 15) is 22.9 Å². The normalized spacial score (nSPS) is 24.8. The molecule has 1 aliphatic carbocycles. The van der Waals surface area contributed by atoms with Gasteiger partial charge in [0.2, 0.25) is 10.0 Å². The van der Waals surface area contributed by atoms with Crippen LogP contribution in [0.4, 0.5) is 15.8 Å². The number of nitro groups is 1. The summed E-state index contributed by atoms with van der Waals surface area (Å²) in [5, 5.41) is 15.3. The summed E-state index contributed by atoms with van der Waals surface area (Å²) < 4.78 is 42.5. The molecule has 8 nitrogen and oxygen atoms in total. The predicted molar refractivity (Wildman–Crippen MR) is 120 cm³/mol. The number of halogens is 1. The third-order valence-corrected chi connectivity index (χ3v) is 8.97. The van der Waals surface area contributed by atoms with Crippen LogP contribution in [0.25, 0.3) is 0 Å². The molecule has 2 aromatic carbocycles. The van der Waals surface area contributed by atoms with Crippen molar-refractivity contribution in [1.29, 1.82) is 0 Å². The Morgan fingerprint density at radius 2 is 1.94 bits per heavy atom. The average molecular weight is 461 g/mol. The van der Waals surface area contributed by atoms with E-state index in [1.165, 1.54) is 34.8 Å². The van der Waals surface area contributed by atoms with Crippen LogP contribution >= 0.6 is 0 Å². The molecule has 2 fully saturated rings. The van der Waals surface area contributed by atoms with Gasteiger partial charge in [-0.25, -0.2) is 12.8 Å². The molecule has 0 amide bonds. The summed E-state index contributed by atoms with van der Waals surface area (Å²) in [6, 6.07) is 9.42. The number of rotatable bonds is 6. The Bertz CT molecular complexity index is 1210. The standard InChI is InChI=1S/C22H25FN4O4S/c1-21(2)11-17-12-22(21,3)14-26(17)32(30,31)20-10-16(27(28)29)8-9-19(20)25-24-13-15-6-4-5-7-18(15)23/h4-10,13,17,25H,11-12,14H2,1-3H3/b24-13-/t17-,22-/m0/s1. The van der Waals surface area contributed by atoms with Crippen molar-refractivity contribution < 1.29 is 17.7 Å². The lowest BCUT2D eigenvalue weighted by atomic mass is 9.69. The number of non-ortho nitro benzene ring substituents is 1. The van der Waals surface area contributed by atoms with Gasteiger partial charge in [-0.1, -0.05) is 39.0 Å². The Labute approximate surface area is 186 Å². The van der Waals surface area contributed by atoms with E-state index in [4.69, 9.17) is 0 Å². The number of benzene rings is 2. The maximum absolute atomic E-state index is 13.8. The molecule has 2 aliphatic rings. The lowest BCUT2D eigenvalue weighted by molar-refractivity contribution is -0.385. The zero-order chi connectivity index (χ0) is 23.3. The molecular formula is C22H25FN4O4S. The van der Waals surface area contributed by atoms with Crippen molar-refractivity contribution in [2.45, 2.75) is 44.6 Å². The SMILES string of the molecule is CC1(C)C[C@H]2C[C@@]1(C)CN2S(=O)(=O)c1cc([N+](=O)[O-])ccc1N/N=C\c1ccccc1F. The van der Waals surface area contributed by atoms with Crippen molar-refractivity contribution in [3.8, 4) is 0 Å². The van der Waals surface area contributed by atoms with E-state index in [0.717, 1.165) is 18.9 Å². The van der Waals surface area contributed by atoms with E-state index in [0.29, 0.717) is 6.54 Å². The highest BCUT2D eigenvalue weighted by atomic mass is 32.2.